The molecule has 0 fully saturated rings. The van der Waals surface area contributed by atoms with Crippen LogP contribution in [0, 0.1) is 6.92 Å². The molecule has 0 amide bonds. The molecule has 1 aliphatic heterocycles. The van der Waals surface area contributed by atoms with Crippen LogP contribution in [0.1, 0.15) is 58.1 Å². The normalized spacial score (nSPS) is 16.2. The highest BCUT2D eigenvalue weighted by molar-refractivity contribution is 8.02. The van der Waals surface area contributed by atoms with Gasteiger partial charge >= 0.3 is 0 Å². The van der Waals surface area contributed by atoms with Gasteiger partial charge in [0.25, 0.3) is 0 Å². The average molecular weight is 421 g/mol. The first-order chi connectivity index (χ1) is 14.5. The van der Waals surface area contributed by atoms with Crippen LogP contribution >= 0.6 is 11.8 Å². The molecule has 0 saturated carbocycles. The maximum atomic E-state index is 4.51. The maximum absolute atomic E-state index is 4.51. The molecule has 1 heterocycles. The molecule has 0 N–H and O–H groups in total. The van der Waals surface area contributed by atoms with Crippen molar-refractivity contribution in [3.05, 3.63) is 93.8 Å². The molecule has 0 aromatic heterocycles. The Hall–Kier alpha value is -2.26. The summed E-state index contributed by atoms with van der Waals surface area (Å²) in [6, 6.07) is 8.84. The quantitative estimate of drug-likeness (QED) is 0.357. The van der Waals surface area contributed by atoms with Crippen molar-refractivity contribution in [2.24, 2.45) is 4.99 Å². The van der Waals surface area contributed by atoms with Gasteiger partial charge in [-0.25, -0.2) is 0 Å². The SMILES string of the molecule is C=C(CC)N=C/C(=C\C)CC1=CN(CC)C(SCc2ccc(C)cc2)=CC1=CCC. The second kappa shape index (κ2) is 12.4. The predicted molar refractivity (Wildman–Crippen MR) is 136 cm³/mol. The highest BCUT2D eigenvalue weighted by Crippen LogP contribution is 2.34. The van der Waals surface area contributed by atoms with Crippen LogP contribution < -0.4 is 0 Å². The Morgan fingerprint density at radius 3 is 2.50 bits per heavy atom. The van der Waals surface area contributed by atoms with Gasteiger partial charge in [-0.2, -0.15) is 0 Å². The van der Waals surface area contributed by atoms with Crippen LogP contribution in [-0.4, -0.2) is 17.7 Å². The summed E-state index contributed by atoms with van der Waals surface area (Å²) in [4.78, 5) is 6.88. The minimum Gasteiger partial charge on any atom is -0.343 e. The molecule has 160 valence electrons. The Morgan fingerprint density at radius 1 is 1.17 bits per heavy atom. The van der Waals surface area contributed by atoms with E-state index >= 15 is 0 Å². The number of allylic oxidation sites excluding steroid dienone is 7. The number of nitrogens with zero attached hydrogens (tertiary/aromatic N) is 2. The van der Waals surface area contributed by atoms with Crippen molar-refractivity contribution < 1.29 is 0 Å². The molecule has 2 nitrogen and oxygen atoms in total. The minimum atomic E-state index is 0.880. The fourth-order valence-corrected chi connectivity index (χ4v) is 4.18. The number of hydrogen-bond donors (Lipinski definition) is 0. The fraction of sp³-hybridized carbons (Fsp3) is 0.370. The zero-order valence-corrected chi connectivity index (χ0v) is 20.1. The van der Waals surface area contributed by atoms with Crippen LogP contribution in [0.5, 0.6) is 0 Å². The number of hydrogen-bond acceptors (Lipinski definition) is 3. The zero-order valence-electron chi connectivity index (χ0n) is 19.2. The van der Waals surface area contributed by atoms with E-state index in [1.54, 1.807) is 0 Å². The molecule has 0 atom stereocenters. The van der Waals surface area contributed by atoms with Crippen molar-refractivity contribution in [3.63, 3.8) is 0 Å². The van der Waals surface area contributed by atoms with Gasteiger partial charge in [0, 0.05) is 36.8 Å². The Balaban J connectivity index is 2.18. The summed E-state index contributed by atoms with van der Waals surface area (Å²) in [5.41, 5.74) is 7.49. The van der Waals surface area contributed by atoms with Gasteiger partial charge in [0.2, 0.25) is 0 Å². The number of rotatable bonds is 10. The zero-order chi connectivity index (χ0) is 21.9. The van der Waals surface area contributed by atoms with E-state index in [1.807, 2.05) is 18.0 Å². The van der Waals surface area contributed by atoms with Gasteiger partial charge in [-0.15, -0.1) is 11.8 Å². The molecule has 30 heavy (non-hydrogen) atoms. The lowest BCUT2D eigenvalue weighted by molar-refractivity contribution is 0.514. The Labute approximate surface area is 187 Å². The van der Waals surface area contributed by atoms with Gasteiger partial charge < -0.3 is 4.90 Å². The number of aliphatic imine (C=N–C) groups is 1. The van der Waals surface area contributed by atoms with E-state index in [4.69, 9.17) is 0 Å². The predicted octanol–water partition coefficient (Wildman–Crippen LogP) is 7.96. The standard InChI is InChI=1S/C27H36N2S/c1-7-11-25-17-27(30-20-24-14-12-21(5)13-15-24)29(10-4)19-26(25)16-23(9-3)18-28-22(6)8-2/h9,11-15,17-19H,6-8,10,16,20H2,1-5H3/b23-9-,25-11?,28-18?. The van der Waals surface area contributed by atoms with E-state index in [-0.39, 0.29) is 0 Å². The third-order valence-electron chi connectivity index (χ3n) is 5.10. The molecule has 2 rings (SSSR count). The minimum absolute atomic E-state index is 0.880. The van der Waals surface area contributed by atoms with Gasteiger partial charge in [0.05, 0.1) is 5.03 Å². The molecule has 3 heteroatoms. The van der Waals surface area contributed by atoms with E-state index in [0.717, 1.165) is 37.3 Å². The van der Waals surface area contributed by atoms with E-state index in [2.05, 4.69) is 99.8 Å². The number of benzene rings is 1. The second-order valence-corrected chi connectivity index (χ2v) is 8.48. The Bertz CT molecular complexity index is 867. The number of aryl methyl sites for hydroxylation is 1. The van der Waals surface area contributed by atoms with E-state index in [0.29, 0.717) is 0 Å². The molecule has 1 aliphatic rings. The van der Waals surface area contributed by atoms with Crippen LogP contribution in [0.2, 0.25) is 0 Å². The van der Waals surface area contributed by atoms with Crippen molar-refractivity contribution in [2.45, 2.75) is 59.6 Å². The van der Waals surface area contributed by atoms with Gasteiger partial charge in [0.15, 0.2) is 0 Å². The van der Waals surface area contributed by atoms with Crippen LogP contribution in [0.3, 0.4) is 0 Å². The summed E-state index contributed by atoms with van der Waals surface area (Å²) in [6.07, 6.45) is 13.9. The largest absolute Gasteiger partial charge is 0.343 e. The van der Waals surface area contributed by atoms with Crippen molar-refractivity contribution >= 4 is 18.0 Å². The van der Waals surface area contributed by atoms with Crippen molar-refractivity contribution in [1.29, 1.82) is 0 Å². The van der Waals surface area contributed by atoms with E-state index < -0.39 is 0 Å². The average Bonchev–Trinajstić information content (AvgIpc) is 2.76. The lowest BCUT2D eigenvalue weighted by atomic mass is 9.96. The lowest BCUT2D eigenvalue weighted by Crippen LogP contribution is -2.19. The molecule has 0 saturated heterocycles. The Morgan fingerprint density at radius 2 is 1.90 bits per heavy atom. The smallest absolute Gasteiger partial charge is 0.0756 e. The first kappa shape index (κ1) is 24.0. The van der Waals surface area contributed by atoms with Crippen molar-refractivity contribution in [1.82, 2.24) is 4.90 Å². The highest BCUT2D eigenvalue weighted by atomic mass is 32.2. The third kappa shape index (κ3) is 7.21. The molecule has 1 aromatic carbocycles. The van der Waals surface area contributed by atoms with Crippen LogP contribution in [0.15, 0.2) is 87.7 Å². The third-order valence-corrected chi connectivity index (χ3v) is 6.23. The second-order valence-electron chi connectivity index (χ2n) is 7.48. The summed E-state index contributed by atoms with van der Waals surface area (Å²) in [5, 5.41) is 1.32. The number of thioether (sulfide) groups is 1. The highest BCUT2D eigenvalue weighted by Gasteiger charge is 2.17. The first-order valence-corrected chi connectivity index (χ1v) is 11.9. The Kier molecular flexibility index (Phi) is 9.96. The van der Waals surface area contributed by atoms with Crippen LogP contribution in [-0.2, 0) is 5.75 Å². The monoisotopic (exact) mass is 420 g/mol. The van der Waals surface area contributed by atoms with E-state index in [9.17, 15) is 0 Å². The van der Waals surface area contributed by atoms with Crippen LogP contribution in [0.25, 0.3) is 0 Å². The topological polar surface area (TPSA) is 15.6 Å². The fourth-order valence-electron chi connectivity index (χ4n) is 3.11. The van der Waals surface area contributed by atoms with Crippen LogP contribution in [0.4, 0.5) is 0 Å². The summed E-state index contributed by atoms with van der Waals surface area (Å²) in [5.74, 6) is 0.983. The van der Waals surface area contributed by atoms with Gasteiger partial charge in [-0.1, -0.05) is 62.4 Å². The molecular formula is C27H36N2S. The molecule has 0 spiro atoms. The summed E-state index contributed by atoms with van der Waals surface area (Å²) >= 11 is 1.91. The molecule has 0 radical (unpaired) electrons. The van der Waals surface area contributed by atoms with Crippen molar-refractivity contribution in [3.8, 4) is 0 Å². The lowest BCUT2D eigenvalue weighted by Gasteiger charge is -2.28. The molecular weight excluding hydrogens is 384 g/mol. The summed E-state index contributed by atoms with van der Waals surface area (Å²) < 4.78 is 0. The first-order valence-electron chi connectivity index (χ1n) is 11.0. The van der Waals surface area contributed by atoms with Gasteiger partial charge in [-0.3, -0.25) is 4.99 Å². The summed E-state index contributed by atoms with van der Waals surface area (Å²) in [7, 11) is 0. The van der Waals surface area contributed by atoms with Gasteiger partial charge in [0.1, 0.15) is 0 Å². The van der Waals surface area contributed by atoms with Gasteiger partial charge in [-0.05, 0) is 62.0 Å². The molecule has 1 aromatic rings. The van der Waals surface area contributed by atoms with Crippen molar-refractivity contribution in [2.75, 3.05) is 6.54 Å². The maximum Gasteiger partial charge on any atom is 0.0756 e. The molecule has 0 unspecified atom stereocenters. The molecule has 0 aliphatic carbocycles. The summed E-state index contributed by atoms with van der Waals surface area (Å²) in [6.45, 7) is 15.7. The van der Waals surface area contributed by atoms with E-state index in [1.165, 1.54) is 32.9 Å². The molecule has 0 bridgehead atoms.